The molecular weight excluding hydrogens is 294 g/mol. The summed E-state index contributed by atoms with van der Waals surface area (Å²) >= 11 is 3.08. The maximum absolute atomic E-state index is 12.3. The second-order valence-corrected chi connectivity index (χ2v) is 6.89. The molecule has 1 aromatic heterocycles. The Hall–Kier alpha value is -0.990. The van der Waals surface area contributed by atoms with Crippen molar-refractivity contribution < 1.29 is 4.79 Å². The second-order valence-electron chi connectivity index (χ2n) is 4.93. The van der Waals surface area contributed by atoms with Crippen molar-refractivity contribution in [1.82, 2.24) is 9.88 Å². The molecule has 6 nitrogen and oxygen atoms in total. The molecule has 0 aromatic carbocycles. The lowest BCUT2D eigenvalue weighted by atomic mass is 10.3. The topological polar surface area (TPSA) is 88.5 Å². The largest absolute Gasteiger partial charge is 0.382 e. The van der Waals surface area contributed by atoms with Crippen LogP contribution in [0.5, 0.6) is 0 Å². The van der Waals surface area contributed by atoms with Gasteiger partial charge >= 0.3 is 0 Å². The summed E-state index contributed by atoms with van der Waals surface area (Å²) in [5.74, 6) is 1.18. The van der Waals surface area contributed by atoms with Gasteiger partial charge in [0.2, 0.25) is 0 Å². The molecule has 1 atom stereocenters. The van der Waals surface area contributed by atoms with Crippen molar-refractivity contribution in [3.63, 3.8) is 0 Å². The van der Waals surface area contributed by atoms with Gasteiger partial charge < -0.3 is 21.3 Å². The van der Waals surface area contributed by atoms with Gasteiger partial charge in [-0.25, -0.2) is 4.98 Å². The van der Waals surface area contributed by atoms with Crippen LogP contribution in [0.3, 0.4) is 0 Å². The number of amides is 1. The third-order valence-electron chi connectivity index (χ3n) is 3.31. The van der Waals surface area contributed by atoms with Crippen LogP contribution < -0.4 is 16.4 Å². The smallest absolute Gasteiger partial charge is 0.267 e. The molecule has 1 amide bonds. The number of nitrogen functional groups attached to an aromatic ring is 1. The van der Waals surface area contributed by atoms with Crippen LogP contribution in [-0.2, 0) is 0 Å². The Labute approximate surface area is 127 Å². The molecule has 1 saturated heterocycles. The van der Waals surface area contributed by atoms with E-state index in [2.05, 4.69) is 9.88 Å². The highest BCUT2D eigenvalue weighted by Gasteiger charge is 2.25. The van der Waals surface area contributed by atoms with E-state index in [1.54, 1.807) is 23.7 Å². The molecule has 0 bridgehead atoms. The normalized spacial score (nSPS) is 18.6. The minimum Gasteiger partial charge on any atom is -0.382 e. The first kappa shape index (κ1) is 15.4. The summed E-state index contributed by atoms with van der Waals surface area (Å²) in [6.07, 6.45) is 2.98. The zero-order valence-electron chi connectivity index (χ0n) is 11.8. The van der Waals surface area contributed by atoms with Crippen molar-refractivity contribution in [1.29, 1.82) is 0 Å². The highest BCUT2D eigenvalue weighted by atomic mass is 32.2. The molecule has 1 aliphatic heterocycles. The third kappa shape index (κ3) is 3.36. The molecule has 0 aliphatic carbocycles. The summed E-state index contributed by atoms with van der Waals surface area (Å²) in [6, 6.07) is 0.184. The minimum atomic E-state index is -0.0520. The van der Waals surface area contributed by atoms with Gasteiger partial charge in [-0.1, -0.05) is 11.3 Å². The zero-order chi connectivity index (χ0) is 14.7. The maximum Gasteiger partial charge on any atom is 0.267 e. The van der Waals surface area contributed by atoms with Crippen molar-refractivity contribution in [2.24, 2.45) is 5.73 Å². The standard InChI is InChI=1S/C12H21N5OS2/c1-16(5-6-19-2)11(18)9-10(14)15-12(20-9)17-4-3-8(13)7-17/h8H,3-7,13-14H2,1-2H3. The summed E-state index contributed by atoms with van der Waals surface area (Å²) in [4.78, 5) is 21.0. The first-order valence-corrected chi connectivity index (χ1v) is 8.75. The fourth-order valence-corrected chi connectivity index (χ4v) is 3.54. The highest BCUT2D eigenvalue weighted by molar-refractivity contribution is 7.98. The molecule has 0 spiro atoms. The number of thiazole rings is 1. The van der Waals surface area contributed by atoms with E-state index in [-0.39, 0.29) is 11.9 Å². The monoisotopic (exact) mass is 315 g/mol. The van der Waals surface area contributed by atoms with E-state index in [0.717, 1.165) is 30.4 Å². The van der Waals surface area contributed by atoms with E-state index in [9.17, 15) is 4.79 Å². The number of hydrogen-bond acceptors (Lipinski definition) is 7. The molecule has 8 heteroatoms. The number of hydrogen-bond donors (Lipinski definition) is 2. The molecule has 112 valence electrons. The van der Waals surface area contributed by atoms with Crippen molar-refractivity contribution in [3.8, 4) is 0 Å². The number of nitrogens with two attached hydrogens (primary N) is 2. The average Bonchev–Trinajstić information content (AvgIpc) is 3.01. The van der Waals surface area contributed by atoms with Crippen LogP contribution in [0.2, 0.25) is 0 Å². The Balaban J connectivity index is 2.09. The number of carbonyl (C=O) groups is 1. The second kappa shape index (κ2) is 6.64. The fourth-order valence-electron chi connectivity index (χ4n) is 2.07. The molecule has 1 aromatic rings. The van der Waals surface area contributed by atoms with Gasteiger partial charge in [0.25, 0.3) is 5.91 Å². The summed E-state index contributed by atoms with van der Waals surface area (Å²) in [6.45, 7) is 2.37. The van der Waals surface area contributed by atoms with Gasteiger partial charge in [0.1, 0.15) is 10.7 Å². The first-order chi connectivity index (χ1) is 9.52. The van der Waals surface area contributed by atoms with Crippen LogP contribution in [0.4, 0.5) is 10.9 Å². The molecular formula is C12H21N5OS2. The number of carbonyl (C=O) groups excluding carboxylic acids is 1. The van der Waals surface area contributed by atoms with Crippen molar-refractivity contribution >= 4 is 40.0 Å². The van der Waals surface area contributed by atoms with Crippen LogP contribution >= 0.6 is 23.1 Å². The Kier molecular flexibility index (Phi) is 5.11. The first-order valence-electron chi connectivity index (χ1n) is 6.54. The van der Waals surface area contributed by atoms with Gasteiger partial charge in [0.05, 0.1) is 0 Å². The minimum absolute atomic E-state index is 0.0520. The van der Waals surface area contributed by atoms with E-state index in [4.69, 9.17) is 11.5 Å². The van der Waals surface area contributed by atoms with Crippen molar-refractivity contribution in [2.45, 2.75) is 12.5 Å². The lowest BCUT2D eigenvalue weighted by Crippen LogP contribution is -2.28. The van der Waals surface area contributed by atoms with Gasteiger partial charge in [0.15, 0.2) is 5.13 Å². The lowest BCUT2D eigenvalue weighted by Gasteiger charge is -2.15. The van der Waals surface area contributed by atoms with Gasteiger partial charge in [-0.15, -0.1) is 0 Å². The van der Waals surface area contributed by atoms with E-state index in [1.165, 1.54) is 11.3 Å². The van der Waals surface area contributed by atoms with Crippen LogP contribution in [0, 0.1) is 0 Å². The number of nitrogens with zero attached hydrogens (tertiary/aromatic N) is 3. The summed E-state index contributed by atoms with van der Waals surface area (Å²) in [7, 11) is 1.79. The van der Waals surface area contributed by atoms with E-state index < -0.39 is 0 Å². The van der Waals surface area contributed by atoms with Gasteiger partial charge in [-0.3, -0.25) is 4.79 Å². The Morgan fingerprint density at radius 2 is 2.40 bits per heavy atom. The van der Waals surface area contributed by atoms with Gasteiger partial charge in [-0.05, 0) is 12.7 Å². The molecule has 1 fully saturated rings. The van der Waals surface area contributed by atoms with E-state index in [1.807, 2.05) is 6.26 Å². The molecule has 20 heavy (non-hydrogen) atoms. The predicted octanol–water partition coefficient (Wildman–Crippen LogP) is 0.698. The van der Waals surface area contributed by atoms with Gasteiger partial charge in [-0.2, -0.15) is 11.8 Å². The lowest BCUT2D eigenvalue weighted by molar-refractivity contribution is 0.0809. The van der Waals surface area contributed by atoms with Crippen LogP contribution in [-0.4, -0.2) is 60.5 Å². The summed E-state index contributed by atoms with van der Waals surface area (Å²) < 4.78 is 0. The third-order valence-corrected chi connectivity index (χ3v) is 5.02. The van der Waals surface area contributed by atoms with E-state index >= 15 is 0 Å². The van der Waals surface area contributed by atoms with E-state index in [0.29, 0.717) is 17.2 Å². The van der Waals surface area contributed by atoms with Crippen LogP contribution in [0.25, 0.3) is 0 Å². The molecule has 0 saturated carbocycles. The Morgan fingerprint density at radius 3 is 3.00 bits per heavy atom. The molecule has 2 rings (SSSR count). The van der Waals surface area contributed by atoms with Crippen molar-refractivity contribution in [2.75, 3.05) is 49.3 Å². The predicted molar refractivity (Wildman–Crippen MR) is 86.7 cm³/mol. The molecule has 1 aliphatic rings. The molecule has 0 radical (unpaired) electrons. The maximum atomic E-state index is 12.3. The molecule has 2 heterocycles. The number of rotatable bonds is 5. The van der Waals surface area contributed by atoms with Crippen molar-refractivity contribution in [3.05, 3.63) is 4.88 Å². The number of thioether (sulfide) groups is 1. The fraction of sp³-hybridized carbons (Fsp3) is 0.667. The SMILES string of the molecule is CSCCN(C)C(=O)c1sc(N2CCC(N)C2)nc1N. The highest BCUT2D eigenvalue weighted by Crippen LogP contribution is 2.30. The van der Waals surface area contributed by atoms with Crippen LogP contribution in [0.1, 0.15) is 16.1 Å². The average molecular weight is 315 g/mol. The number of anilines is 2. The summed E-state index contributed by atoms with van der Waals surface area (Å²) in [5.41, 5.74) is 11.8. The molecule has 1 unspecified atom stereocenters. The Morgan fingerprint density at radius 1 is 1.65 bits per heavy atom. The summed E-state index contributed by atoms with van der Waals surface area (Å²) in [5, 5.41) is 0.803. The van der Waals surface area contributed by atoms with Gasteiger partial charge in [0, 0.05) is 38.5 Å². The Bertz CT molecular complexity index is 478. The molecule has 4 N–H and O–H groups in total. The zero-order valence-corrected chi connectivity index (χ0v) is 13.5. The quantitative estimate of drug-likeness (QED) is 0.831. The number of aromatic nitrogens is 1. The van der Waals surface area contributed by atoms with Crippen LogP contribution in [0.15, 0.2) is 0 Å².